The normalized spacial score (nSPS) is 13.4. The number of benzene rings is 1. The van der Waals surface area contributed by atoms with Crippen molar-refractivity contribution < 1.29 is 19.4 Å². The third-order valence-electron chi connectivity index (χ3n) is 2.87. The van der Waals surface area contributed by atoms with Crippen molar-refractivity contribution in [1.82, 2.24) is 5.32 Å². The van der Waals surface area contributed by atoms with Crippen molar-refractivity contribution >= 4 is 11.9 Å². The second-order valence-corrected chi connectivity index (χ2v) is 4.16. The molecule has 19 heavy (non-hydrogen) atoms. The van der Waals surface area contributed by atoms with Gasteiger partial charge >= 0.3 is 5.97 Å². The Labute approximate surface area is 112 Å². The molecule has 0 aliphatic carbocycles. The average Bonchev–Trinajstić information content (AvgIpc) is 2.45. The van der Waals surface area contributed by atoms with Gasteiger partial charge in [-0.1, -0.05) is 37.3 Å². The van der Waals surface area contributed by atoms with E-state index >= 15 is 0 Å². The summed E-state index contributed by atoms with van der Waals surface area (Å²) in [6.07, 6.45) is -0.688. The van der Waals surface area contributed by atoms with Crippen molar-refractivity contribution in [3.8, 4) is 0 Å². The van der Waals surface area contributed by atoms with Crippen LogP contribution in [0.1, 0.15) is 24.8 Å². The van der Waals surface area contributed by atoms with Crippen molar-refractivity contribution in [2.24, 2.45) is 0 Å². The minimum Gasteiger partial charge on any atom is -0.467 e. The highest BCUT2D eigenvalue weighted by Gasteiger charge is 2.21. The van der Waals surface area contributed by atoms with Gasteiger partial charge in [-0.3, -0.25) is 4.79 Å². The van der Waals surface area contributed by atoms with Crippen molar-refractivity contribution in [2.75, 3.05) is 13.7 Å². The summed E-state index contributed by atoms with van der Waals surface area (Å²) in [6.45, 7) is 1.77. The Kier molecular flexibility index (Phi) is 6.02. The van der Waals surface area contributed by atoms with Crippen LogP contribution in [0.4, 0.5) is 0 Å². The lowest BCUT2D eigenvalue weighted by molar-refractivity contribution is -0.150. The van der Waals surface area contributed by atoms with E-state index in [4.69, 9.17) is 0 Å². The predicted octanol–water partition coefficient (Wildman–Crippen LogP) is 0.830. The summed E-state index contributed by atoms with van der Waals surface area (Å²) < 4.78 is 4.38. The van der Waals surface area contributed by atoms with Crippen LogP contribution in [0, 0.1) is 0 Å². The second kappa shape index (κ2) is 7.53. The first-order chi connectivity index (χ1) is 9.10. The number of esters is 1. The number of hydrogen-bond acceptors (Lipinski definition) is 4. The molecule has 0 aliphatic heterocycles. The Morgan fingerprint density at radius 2 is 1.95 bits per heavy atom. The molecule has 0 saturated heterocycles. The van der Waals surface area contributed by atoms with E-state index in [0.717, 1.165) is 5.56 Å². The molecule has 2 unspecified atom stereocenters. The summed E-state index contributed by atoms with van der Waals surface area (Å²) in [5.41, 5.74) is 0.912. The molecule has 1 amide bonds. The first-order valence-electron chi connectivity index (χ1n) is 6.18. The summed E-state index contributed by atoms with van der Waals surface area (Å²) in [4.78, 5) is 23.0. The largest absolute Gasteiger partial charge is 0.467 e. The van der Waals surface area contributed by atoms with Gasteiger partial charge in [0, 0.05) is 0 Å². The number of hydrogen-bond donors (Lipinski definition) is 2. The van der Waals surface area contributed by atoms with Crippen LogP contribution in [0.3, 0.4) is 0 Å². The molecule has 5 heteroatoms. The number of carbonyl (C=O) groups excluding carboxylic acids is 2. The van der Waals surface area contributed by atoms with Gasteiger partial charge in [-0.15, -0.1) is 0 Å². The lowest BCUT2D eigenvalue weighted by Crippen LogP contribution is -2.39. The molecule has 1 rings (SSSR count). The number of methoxy groups -OCH3 is 1. The first kappa shape index (κ1) is 15.2. The minimum absolute atomic E-state index is 0.144. The zero-order chi connectivity index (χ0) is 14.3. The van der Waals surface area contributed by atoms with Crippen LogP contribution in [0.15, 0.2) is 30.3 Å². The van der Waals surface area contributed by atoms with Crippen LogP contribution in [-0.4, -0.2) is 36.7 Å². The average molecular weight is 265 g/mol. The standard InChI is InChI=1S/C14H19NO4/c1-3-11(10-7-5-4-6-8-10)13(17)15-9-12(16)14(18)19-2/h4-8,11-12,16H,3,9H2,1-2H3,(H,15,17). The van der Waals surface area contributed by atoms with Crippen LogP contribution in [0.2, 0.25) is 0 Å². The van der Waals surface area contributed by atoms with E-state index in [1.165, 1.54) is 7.11 Å². The highest BCUT2D eigenvalue weighted by Crippen LogP contribution is 2.18. The fourth-order valence-electron chi connectivity index (χ4n) is 1.80. The number of nitrogens with one attached hydrogen (secondary N) is 1. The van der Waals surface area contributed by atoms with Gasteiger partial charge in [0.1, 0.15) is 0 Å². The van der Waals surface area contributed by atoms with E-state index < -0.39 is 12.1 Å². The fraction of sp³-hybridized carbons (Fsp3) is 0.429. The van der Waals surface area contributed by atoms with Gasteiger partial charge in [0.25, 0.3) is 0 Å². The van der Waals surface area contributed by atoms with Gasteiger partial charge in [0.15, 0.2) is 6.10 Å². The summed E-state index contributed by atoms with van der Waals surface area (Å²) in [6, 6.07) is 9.38. The van der Waals surface area contributed by atoms with E-state index in [2.05, 4.69) is 10.1 Å². The van der Waals surface area contributed by atoms with Gasteiger partial charge in [0.05, 0.1) is 19.6 Å². The lowest BCUT2D eigenvalue weighted by atomic mass is 9.95. The van der Waals surface area contributed by atoms with Crippen LogP contribution in [0.5, 0.6) is 0 Å². The molecule has 2 N–H and O–H groups in total. The molecule has 1 aromatic carbocycles. The van der Waals surface area contributed by atoms with Crippen molar-refractivity contribution in [1.29, 1.82) is 0 Å². The van der Waals surface area contributed by atoms with Gasteiger partial charge in [-0.2, -0.15) is 0 Å². The zero-order valence-corrected chi connectivity index (χ0v) is 11.1. The Morgan fingerprint density at radius 1 is 1.32 bits per heavy atom. The molecule has 0 fully saturated rings. The van der Waals surface area contributed by atoms with Crippen molar-refractivity contribution in [2.45, 2.75) is 25.4 Å². The minimum atomic E-state index is -1.33. The molecule has 2 atom stereocenters. The van der Waals surface area contributed by atoms with E-state index in [-0.39, 0.29) is 18.4 Å². The molecule has 0 heterocycles. The number of aliphatic hydroxyl groups is 1. The Morgan fingerprint density at radius 3 is 2.47 bits per heavy atom. The van der Waals surface area contributed by atoms with Crippen LogP contribution in [-0.2, 0) is 14.3 Å². The number of ether oxygens (including phenoxy) is 1. The van der Waals surface area contributed by atoms with Crippen LogP contribution in [0.25, 0.3) is 0 Å². The van der Waals surface area contributed by atoms with Crippen molar-refractivity contribution in [3.63, 3.8) is 0 Å². The summed E-state index contributed by atoms with van der Waals surface area (Å²) in [5.74, 6) is -1.25. The predicted molar refractivity (Wildman–Crippen MR) is 70.5 cm³/mol. The smallest absolute Gasteiger partial charge is 0.336 e. The fourth-order valence-corrected chi connectivity index (χ4v) is 1.80. The molecule has 0 aromatic heterocycles. The zero-order valence-electron chi connectivity index (χ0n) is 11.1. The molecular weight excluding hydrogens is 246 g/mol. The SMILES string of the molecule is CCC(C(=O)NCC(O)C(=O)OC)c1ccccc1. The maximum atomic E-state index is 12.0. The third-order valence-corrected chi connectivity index (χ3v) is 2.87. The number of rotatable bonds is 6. The number of aliphatic hydroxyl groups excluding tert-OH is 1. The monoisotopic (exact) mass is 265 g/mol. The van der Waals surface area contributed by atoms with Crippen LogP contribution < -0.4 is 5.32 Å². The lowest BCUT2D eigenvalue weighted by Gasteiger charge is -2.16. The molecule has 0 aliphatic rings. The topological polar surface area (TPSA) is 75.6 Å². The summed E-state index contributed by atoms with van der Waals surface area (Å²) >= 11 is 0. The van der Waals surface area contributed by atoms with E-state index in [0.29, 0.717) is 6.42 Å². The molecule has 0 radical (unpaired) electrons. The Balaban J connectivity index is 2.59. The van der Waals surface area contributed by atoms with E-state index in [1.54, 1.807) is 0 Å². The molecule has 0 spiro atoms. The third kappa shape index (κ3) is 4.37. The van der Waals surface area contributed by atoms with Crippen LogP contribution >= 0.6 is 0 Å². The van der Waals surface area contributed by atoms with Gasteiger partial charge in [-0.05, 0) is 12.0 Å². The van der Waals surface area contributed by atoms with Crippen molar-refractivity contribution in [3.05, 3.63) is 35.9 Å². The highest BCUT2D eigenvalue weighted by molar-refractivity contribution is 5.84. The Bertz CT molecular complexity index is 419. The second-order valence-electron chi connectivity index (χ2n) is 4.16. The highest BCUT2D eigenvalue weighted by atomic mass is 16.5. The first-order valence-corrected chi connectivity index (χ1v) is 6.18. The van der Waals surface area contributed by atoms with Gasteiger partial charge in [-0.25, -0.2) is 4.79 Å². The molecule has 1 aromatic rings. The molecule has 104 valence electrons. The van der Waals surface area contributed by atoms with E-state index in [1.807, 2.05) is 37.3 Å². The Hall–Kier alpha value is -1.88. The van der Waals surface area contributed by atoms with Gasteiger partial charge < -0.3 is 15.2 Å². The van der Waals surface area contributed by atoms with E-state index in [9.17, 15) is 14.7 Å². The molecular formula is C14H19NO4. The quantitative estimate of drug-likeness (QED) is 0.747. The summed E-state index contributed by atoms with van der Waals surface area (Å²) in [5, 5.41) is 12.0. The maximum Gasteiger partial charge on any atom is 0.336 e. The number of carbonyl (C=O) groups is 2. The molecule has 0 saturated carbocycles. The van der Waals surface area contributed by atoms with Gasteiger partial charge in [0.2, 0.25) is 5.91 Å². The summed E-state index contributed by atoms with van der Waals surface area (Å²) in [7, 11) is 1.19. The molecule has 5 nitrogen and oxygen atoms in total. The maximum absolute atomic E-state index is 12.0. The number of amides is 1. The molecule has 0 bridgehead atoms.